The molecule has 0 unspecified atom stereocenters. The molecule has 3 fully saturated rings. The predicted molar refractivity (Wildman–Crippen MR) is 98.0 cm³/mol. The summed E-state index contributed by atoms with van der Waals surface area (Å²) >= 11 is 2.30. The van der Waals surface area contributed by atoms with Gasteiger partial charge in [0.1, 0.15) is 12.6 Å². The Balaban J connectivity index is 1.64. The van der Waals surface area contributed by atoms with Crippen LogP contribution in [-0.2, 0) is 14.3 Å². The maximum atomic E-state index is 13.3. The standard InChI is InChI=1S/C18H19IN2O4/c19-12-8-9-20-13(6-7-15(20)22)16(12)17(23)21-14(10-25-18(21)24)11-4-2-1-3-5-11/h1-5,12-14,16H,6-10H2/t12-,13+,14+,16+/m0/s1. The number of halogens is 1. The fourth-order valence-corrected chi connectivity index (χ4v) is 5.23. The molecule has 0 spiro atoms. The van der Waals surface area contributed by atoms with E-state index < -0.39 is 12.1 Å². The van der Waals surface area contributed by atoms with E-state index in [0.29, 0.717) is 19.4 Å². The number of fused-ring (bicyclic) bond motifs is 1. The molecular weight excluding hydrogens is 435 g/mol. The summed E-state index contributed by atoms with van der Waals surface area (Å²) in [5.74, 6) is -0.437. The van der Waals surface area contributed by atoms with E-state index in [0.717, 1.165) is 12.0 Å². The molecule has 7 heteroatoms. The smallest absolute Gasteiger partial charge is 0.417 e. The fourth-order valence-electron chi connectivity index (χ4n) is 4.17. The third-order valence-corrected chi connectivity index (χ3v) is 6.80. The van der Waals surface area contributed by atoms with E-state index in [2.05, 4.69) is 22.6 Å². The maximum Gasteiger partial charge on any atom is 0.417 e. The monoisotopic (exact) mass is 454 g/mol. The number of benzene rings is 1. The van der Waals surface area contributed by atoms with Crippen LogP contribution in [0.25, 0.3) is 0 Å². The number of hydrogen-bond acceptors (Lipinski definition) is 4. The van der Waals surface area contributed by atoms with Gasteiger partial charge in [0, 0.05) is 22.9 Å². The minimum Gasteiger partial charge on any atom is -0.446 e. The highest BCUT2D eigenvalue weighted by Crippen LogP contribution is 2.39. The van der Waals surface area contributed by atoms with Crippen LogP contribution in [0.15, 0.2) is 30.3 Å². The minimum atomic E-state index is -0.580. The number of rotatable bonds is 2. The van der Waals surface area contributed by atoms with Crippen molar-refractivity contribution in [1.82, 2.24) is 9.80 Å². The average Bonchev–Trinajstić information content (AvgIpc) is 3.18. The van der Waals surface area contributed by atoms with Crippen LogP contribution in [0, 0.1) is 5.92 Å². The van der Waals surface area contributed by atoms with E-state index in [-0.39, 0.29) is 34.3 Å². The van der Waals surface area contributed by atoms with Crippen molar-refractivity contribution in [2.45, 2.75) is 35.3 Å². The van der Waals surface area contributed by atoms with Crippen LogP contribution in [-0.4, -0.2) is 50.8 Å². The second-order valence-electron chi connectivity index (χ2n) is 6.74. The van der Waals surface area contributed by atoms with Gasteiger partial charge < -0.3 is 9.64 Å². The van der Waals surface area contributed by atoms with Crippen molar-refractivity contribution in [3.05, 3.63) is 35.9 Å². The highest BCUT2D eigenvalue weighted by Gasteiger charge is 2.51. The van der Waals surface area contributed by atoms with Crippen LogP contribution in [0.5, 0.6) is 0 Å². The summed E-state index contributed by atoms with van der Waals surface area (Å²) in [6.45, 7) is 0.883. The number of cyclic esters (lactones) is 1. The lowest BCUT2D eigenvalue weighted by atomic mass is 9.87. The van der Waals surface area contributed by atoms with E-state index in [9.17, 15) is 14.4 Å². The number of carbonyl (C=O) groups excluding carboxylic acids is 3. The number of alkyl halides is 1. The minimum absolute atomic E-state index is 0.0968. The summed E-state index contributed by atoms with van der Waals surface area (Å²) in [4.78, 5) is 40.8. The SMILES string of the molecule is O=C1CC[C@@H]2[C@H](C(=O)N3C(=O)OC[C@@H]3c3ccccc3)[C@@H](I)CCN12. The lowest BCUT2D eigenvalue weighted by Gasteiger charge is -2.40. The second kappa shape index (κ2) is 6.59. The van der Waals surface area contributed by atoms with Gasteiger partial charge in [0.2, 0.25) is 11.8 Å². The number of amides is 3. The Hall–Kier alpha value is -1.64. The predicted octanol–water partition coefficient (Wildman–Crippen LogP) is 2.52. The van der Waals surface area contributed by atoms with Crippen molar-refractivity contribution in [1.29, 1.82) is 0 Å². The van der Waals surface area contributed by atoms with Crippen molar-refractivity contribution in [3.8, 4) is 0 Å². The molecule has 4 atom stereocenters. The molecule has 1 aromatic rings. The number of piperidine rings is 1. The summed E-state index contributed by atoms with van der Waals surface area (Å²) in [6.07, 6.45) is 1.37. The van der Waals surface area contributed by atoms with Crippen LogP contribution in [0.1, 0.15) is 30.9 Å². The normalized spacial score (nSPS) is 31.9. The van der Waals surface area contributed by atoms with Crippen molar-refractivity contribution in [3.63, 3.8) is 0 Å². The number of hydrogen-bond donors (Lipinski definition) is 0. The number of nitrogens with zero attached hydrogens (tertiary/aromatic N) is 2. The second-order valence-corrected chi connectivity index (χ2v) is 8.34. The molecule has 25 heavy (non-hydrogen) atoms. The molecule has 0 bridgehead atoms. The zero-order valence-corrected chi connectivity index (χ0v) is 15.8. The molecule has 0 N–H and O–H groups in total. The van der Waals surface area contributed by atoms with Gasteiger partial charge in [-0.1, -0.05) is 52.9 Å². The molecule has 3 amide bonds. The van der Waals surface area contributed by atoms with Gasteiger partial charge in [-0.3, -0.25) is 9.59 Å². The van der Waals surface area contributed by atoms with Crippen LogP contribution in [0.3, 0.4) is 0 Å². The topological polar surface area (TPSA) is 66.9 Å². The molecule has 3 aliphatic heterocycles. The quantitative estimate of drug-likeness (QED) is 0.509. The zero-order valence-electron chi connectivity index (χ0n) is 13.6. The van der Waals surface area contributed by atoms with Gasteiger partial charge in [0.15, 0.2) is 0 Å². The molecule has 3 aliphatic rings. The van der Waals surface area contributed by atoms with Crippen molar-refractivity contribution < 1.29 is 19.1 Å². The molecular formula is C18H19IN2O4. The Morgan fingerprint density at radius 2 is 1.92 bits per heavy atom. The van der Waals surface area contributed by atoms with Gasteiger partial charge in [0.25, 0.3) is 0 Å². The largest absolute Gasteiger partial charge is 0.446 e. The zero-order chi connectivity index (χ0) is 17.6. The van der Waals surface area contributed by atoms with E-state index in [4.69, 9.17) is 4.74 Å². The molecule has 0 radical (unpaired) electrons. The first-order chi connectivity index (χ1) is 12.1. The molecule has 3 saturated heterocycles. The Kier molecular flexibility index (Phi) is 4.43. The van der Waals surface area contributed by atoms with E-state index in [1.165, 1.54) is 4.90 Å². The molecule has 4 rings (SSSR count). The van der Waals surface area contributed by atoms with Crippen LogP contribution < -0.4 is 0 Å². The first-order valence-electron chi connectivity index (χ1n) is 8.56. The van der Waals surface area contributed by atoms with Crippen molar-refractivity contribution in [2.75, 3.05) is 13.2 Å². The first-order valence-corrected chi connectivity index (χ1v) is 9.81. The summed E-state index contributed by atoms with van der Waals surface area (Å²) in [5, 5.41) is 0. The van der Waals surface area contributed by atoms with Crippen LogP contribution >= 0.6 is 22.6 Å². The maximum absolute atomic E-state index is 13.3. The van der Waals surface area contributed by atoms with Crippen molar-refractivity contribution in [2.24, 2.45) is 5.92 Å². The van der Waals surface area contributed by atoms with Gasteiger partial charge in [0.05, 0.1) is 5.92 Å². The van der Waals surface area contributed by atoms with Gasteiger partial charge in [-0.15, -0.1) is 0 Å². The Morgan fingerprint density at radius 1 is 1.16 bits per heavy atom. The molecule has 1 aromatic carbocycles. The van der Waals surface area contributed by atoms with Crippen LogP contribution in [0.4, 0.5) is 4.79 Å². The molecule has 132 valence electrons. The summed E-state index contributed by atoms with van der Waals surface area (Å²) in [7, 11) is 0. The number of carbonyl (C=O) groups is 3. The van der Waals surface area contributed by atoms with Crippen molar-refractivity contribution >= 4 is 40.5 Å². The lowest BCUT2D eigenvalue weighted by Crippen LogP contribution is -2.54. The van der Waals surface area contributed by atoms with Crippen LogP contribution in [0.2, 0.25) is 0 Å². The third kappa shape index (κ3) is 2.82. The number of ether oxygens (including phenoxy) is 1. The number of imide groups is 1. The summed E-state index contributed by atoms with van der Waals surface area (Å²) in [6, 6.07) is 9.00. The average molecular weight is 454 g/mol. The summed E-state index contributed by atoms with van der Waals surface area (Å²) < 4.78 is 5.31. The van der Waals surface area contributed by atoms with Gasteiger partial charge in [-0.05, 0) is 18.4 Å². The highest BCUT2D eigenvalue weighted by molar-refractivity contribution is 14.1. The highest BCUT2D eigenvalue weighted by atomic mass is 127. The van der Waals surface area contributed by atoms with E-state index in [1.807, 2.05) is 35.2 Å². The molecule has 0 aliphatic carbocycles. The lowest BCUT2D eigenvalue weighted by molar-refractivity contribution is -0.139. The molecule has 0 saturated carbocycles. The molecule has 6 nitrogen and oxygen atoms in total. The molecule has 0 aromatic heterocycles. The Labute approximate surface area is 159 Å². The third-order valence-electron chi connectivity index (χ3n) is 5.40. The van der Waals surface area contributed by atoms with E-state index >= 15 is 0 Å². The first kappa shape index (κ1) is 16.8. The Bertz CT molecular complexity index is 710. The Morgan fingerprint density at radius 3 is 2.68 bits per heavy atom. The summed E-state index contributed by atoms with van der Waals surface area (Å²) in [5.41, 5.74) is 0.891. The van der Waals surface area contributed by atoms with Gasteiger partial charge in [-0.2, -0.15) is 0 Å². The van der Waals surface area contributed by atoms with Gasteiger partial charge in [-0.25, -0.2) is 9.69 Å². The fraction of sp³-hybridized carbons (Fsp3) is 0.500. The molecule has 3 heterocycles. The van der Waals surface area contributed by atoms with E-state index in [1.54, 1.807) is 0 Å². The van der Waals surface area contributed by atoms with Gasteiger partial charge >= 0.3 is 6.09 Å².